The average molecular weight is 299 g/mol. The van der Waals surface area contributed by atoms with Gasteiger partial charge in [-0.25, -0.2) is 0 Å². The van der Waals surface area contributed by atoms with Crippen LogP contribution in [0.1, 0.15) is 40.5 Å². The number of nitrogens with zero attached hydrogens (tertiary/aromatic N) is 1. The SMILES string of the molecule is CC(C)C(CO)NC(=O)C1CCCN1C(=O)[C@@H](N)C(C)C. The molecule has 6 heteroatoms. The van der Waals surface area contributed by atoms with Gasteiger partial charge in [0.25, 0.3) is 0 Å². The first-order valence-electron chi connectivity index (χ1n) is 7.76. The molecule has 21 heavy (non-hydrogen) atoms. The molecule has 4 N–H and O–H groups in total. The van der Waals surface area contributed by atoms with Gasteiger partial charge in [0, 0.05) is 6.54 Å². The Morgan fingerprint density at radius 1 is 1.29 bits per heavy atom. The van der Waals surface area contributed by atoms with Gasteiger partial charge in [-0.15, -0.1) is 0 Å². The Morgan fingerprint density at radius 3 is 2.38 bits per heavy atom. The number of hydrogen-bond acceptors (Lipinski definition) is 4. The van der Waals surface area contributed by atoms with Gasteiger partial charge in [-0.3, -0.25) is 9.59 Å². The molecule has 0 radical (unpaired) electrons. The number of aliphatic hydroxyl groups excluding tert-OH is 1. The number of likely N-dealkylation sites (tertiary alicyclic amines) is 1. The van der Waals surface area contributed by atoms with E-state index in [0.29, 0.717) is 13.0 Å². The number of aliphatic hydroxyl groups is 1. The lowest BCUT2D eigenvalue weighted by Gasteiger charge is -2.30. The smallest absolute Gasteiger partial charge is 0.243 e. The summed E-state index contributed by atoms with van der Waals surface area (Å²) < 4.78 is 0. The summed E-state index contributed by atoms with van der Waals surface area (Å²) >= 11 is 0. The molecule has 1 saturated heterocycles. The molecule has 0 aromatic carbocycles. The molecule has 0 bridgehead atoms. The van der Waals surface area contributed by atoms with Crippen molar-refractivity contribution in [2.45, 2.75) is 58.7 Å². The van der Waals surface area contributed by atoms with Crippen LogP contribution in [0.15, 0.2) is 0 Å². The van der Waals surface area contributed by atoms with E-state index in [2.05, 4.69) is 5.32 Å². The molecule has 1 fully saturated rings. The number of amides is 2. The van der Waals surface area contributed by atoms with Crippen LogP contribution in [-0.2, 0) is 9.59 Å². The maximum absolute atomic E-state index is 12.4. The van der Waals surface area contributed by atoms with Crippen molar-refractivity contribution < 1.29 is 14.7 Å². The molecule has 1 aliphatic heterocycles. The van der Waals surface area contributed by atoms with Crippen molar-refractivity contribution in [2.24, 2.45) is 17.6 Å². The standard InChI is InChI=1S/C15H29N3O3/c1-9(2)11(8-19)17-14(20)12-6-5-7-18(12)15(21)13(16)10(3)4/h9-13,19H,5-8,16H2,1-4H3,(H,17,20)/t11?,12?,13-/m0/s1. The lowest BCUT2D eigenvalue weighted by Crippen LogP contribution is -2.54. The largest absolute Gasteiger partial charge is 0.394 e. The third-order valence-corrected chi connectivity index (χ3v) is 4.17. The fraction of sp³-hybridized carbons (Fsp3) is 0.867. The second kappa shape index (κ2) is 7.75. The molecule has 2 amide bonds. The first-order chi connectivity index (χ1) is 9.79. The van der Waals surface area contributed by atoms with E-state index in [-0.39, 0.29) is 36.3 Å². The summed E-state index contributed by atoms with van der Waals surface area (Å²) in [7, 11) is 0. The van der Waals surface area contributed by atoms with Gasteiger partial charge < -0.3 is 21.1 Å². The van der Waals surface area contributed by atoms with Gasteiger partial charge in [0.1, 0.15) is 6.04 Å². The predicted octanol–water partition coefficient (Wildman–Crippen LogP) is 0.0938. The van der Waals surface area contributed by atoms with Crippen LogP contribution >= 0.6 is 0 Å². The maximum Gasteiger partial charge on any atom is 0.243 e. The number of rotatable bonds is 6. The van der Waals surface area contributed by atoms with E-state index in [0.717, 1.165) is 6.42 Å². The van der Waals surface area contributed by atoms with Crippen LogP contribution in [0.4, 0.5) is 0 Å². The molecule has 1 aliphatic rings. The van der Waals surface area contributed by atoms with Gasteiger partial charge in [0.2, 0.25) is 11.8 Å². The third kappa shape index (κ3) is 4.41. The zero-order valence-electron chi connectivity index (χ0n) is 13.5. The van der Waals surface area contributed by atoms with Crippen molar-refractivity contribution in [1.29, 1.82) is 0 Å². The first kappa shape index (κ1) is 17.9. The second-order valence-electron chi connectivity index (χ2n) is 6.50. The van der Waals surface area contributed by atoms with E-state index in [9.17, 15) is 14.7 Å². The third-order valence-electron chi connectivity index (χ3n) is 4.17. The van der Waals surface area contributed by atoms with Crippen molar-refractivity contribution in [1.82, 2.24) is 10.2 Å². The number of carbonyl (C=O) groups excluding carboxylic acids is 2. The minimum Gasteiger partial charge on any atom is -0.394 e. The summed E-state index contributed by atoms with van der Waals surface area (Å²) in [5, 5.41) is 12.1. The Bertz CT molecular complexity index is 371. The number of carbonyl (C=O) groups is 2. The fourth-order valence-electron chi connectivity index (χ4n) is 2.48. The highest BCUT2D eigenvalue weighted by Gasteiger charge is 2.37. The van der Waals surface area contributed by atoms with E-state index < -0.39 is 12.1 Å². The van der Waals surface area contributed by atoms with Crippen LogP contribution in [0, 0.1) is 11.8 Å². The summed E-state index contributed by atoms with van der Waals surface area (Å²) in [6.45, 7) is 8.14. The van der Waals surface area contributed by atoms with Crippen molar-refractivity contribution >= 4 is 11.8 Å². The van der Waals surface area contributed by atoms with Crippen molar-refractivity contribution in [2.75, 3.05) is 13.2 Å². The Labute approximate surface area is 127 Å². The lowest BCUT2D eigenvalue weighted by molar-refractivity contribution is -0.140. The molecule has 0 aromatic rings. The van der Waals surface area contributed by atoms with Crippen LogP contribution in [0.3, 0.4) is 0 Å². The van der Waals surface area contributed by atoms with Crippen LogP contribution in [0.2, 0.25) is 0 Å². The van der Waals surface area contributed by atoms with Crippen molar-refractivity contribution in [3.8, 4) is 0 Å². The zero-order valence-corrected chi connectivity index (χ0v) is 13.5. The first-order valence-corrected chi connectivity index (χ1v) is 7.76. The fourth-order valence-corrected chi connectivity index (χ4v) is 2.48. The number of nitrogens with two attached hydrogens (primary N) is 1. The Morgan fingerprint density at radius 2 is 1.90 bits per heavy atom. The zero-order chi connectivity index (χ0) is 16.2. The average Bonchev–Trinajstić information content (AvgIpc) is 2.91. The number of nitrogens with one attached hydrogen (secondary N) is 1. The summed E-state index contributed by atoms with van der Waals surface area (Å²) in [6, 6.07) is -1.32. The second-order valence-corrected chi connectivity index (χ2v) is 6.50. The predicted molar refractivity (Wildman–Crippen MR) is 81.4 cm³/mol. The topological polar surface area (TPSA) is 95.7 Å². The van der Waals surface area contributed by atoms with Crippen molar-refractivity contribution in [3.63, 3.8) is 0 Å². The van der Waals surface area contributed by atoms with E-state index in [1.54, 1.807) is 4.90 Å². The highest BCUT2D eigenvalue weighted by Crippen LogP contribution is 2.20. The number of hydrogen-bond donors (Lipinski definition) is 3. The summed E-state index contributed by atoms with van der Waals surface area (Å²) in [5.41, 5.74) is 5.91. The van der Waals surface area contributed by atoms with Gasteiger partial charge in [-0.05, 0) is 24.7 Å². The monoisotopic (exact) mass is 299 g/mol. The van der Waals surface area contributed by atoms with Crippen molar-refractivity contribution in [3.05, 3.63) is 0 Å². The Kier molecular flexibility index (Phi) is 6.61. The molecule has 0 aliphatic carbocycles. The maximum atomic E-state index is 12.4. The van der Waals surface area contributed by atoms with Crippen LogP contribution < -0.4 is 11.1 Å². The molecule has 0 saturated carbocycles. The lowest BCUT2D eigenvalue weighted by atomic mass is 10.0. The molecule has 2 unspecified atom stereocenters. The summed E-state index contributed by atoms with van der Waals surface area (Å²) in [6.07, 6.45) is 1.46. The molecule has 0 aromatic heterocycles. The minimum atomic E-state index is -0.572. The van der Waals surface area contributed by atoms with Gasteiger partial charge in [-0.1, -0.05) is 27.7 Å². The normalized spacial score (nSPS) is 21.7. The van der Waals surface area contributed by atoms with E-state index in [1.165, 1.54) is 0 Å². The molecule has 0 spiro atoms. The summed E-state index contributed by atoms with van der Waals surface area (Å²) in [5.74, 6) is -0.164. The van der Waals surface area contributed by atoms with Gasteiger partial charge in [0.15, 0.2) is 0 Å². The molecule has 6 nitrogen and oxygen atoms in total. The highest BCUT2D eigenvalue weighted by atomic mass is 16.3. The van der Waals surface area contributed by atoms with E-state index >= 15 is 0 Å². The Hall–Kier alpha value is -1.14. The van der Waals surface area contributed by atoms with E-state index in [1.807, 2.05) is 27.7 Å². The molecular formula is C15H29N3O3. The van der Waals surface area contributed by atoms with Gasteiger partial charge in [0.05, 0.1) is 18.7 Å². The van der Waals surface area contributed by atoms with E-state index in [4.69, 9.17) is 5.73 Å². The van der Waals surface area contributed by atoms with Gasteiger partial charge >= 0.3 is 0 Å². The molecule has 122 valence electrons. The molecular weight excluding hydrogens is 270 g/mol. The molecule has 3 atom stereocenters. The van der Waals surface area contributed by atoms with Crippen LogP contribution in [-0.4, -0.2) is 53.1 Å². The molecule has 1 rings (SSSR count). The minimum absolute atomic E-state index is 0.0441. The quantitative estimate of drug-likeness (QED) is 0.648. The van der Waals surface area contributed by atoms with Gasteiger partial charge in [-0.2, -0.15) is 0 Å². The molecule has 1 heterocycles. The van der Waals surface area contributed by atoms with Crippen LogP contribution in [0.5, 0.6) is 0 Å². The summed E-state index contributed by atoms with van der Waals surface area (Å²) in [4.78, 5) is 26.3. The highest BCUT2D eigenvalue weighted by molar-refractivity contribution is 5.90. The Balaban J connectivity index is 2.72. The van der Waals surface area contributed by atoms with Crippen LogP contribution in [0.25, 0.3) is 0 Å².